The third-order valence-electron chi connectivity index (χ3n) is 7.71. The molecule has 3 unspecified atom stereocenters. The zero-order valence-electron chi connectivity index (χ0n) is 28.3. The van der Waals surface area contributed by atoms with Gasteiger partial charge in [0.2, 0.25) is 5.91 Å². The predicted octanol–water partition coefficient (Wildman–Crippen LogP) is 4.20. The van der Waals surface area contributed by atoms with Gasteiger partial charge in [-0.15, -0.1) is 0 Å². The Labute approximate surface area is 284 Å². The second-order valence-corrected chi connectivity index (χ2v) is 16.9. The maximum Gasteiger partial charge on any atom is 0.226 e. The van der Waals surface area contributed by atoms with Crippen molar-refractivity contribution in [3.63, 3.8) is 0 Å². The number of unbranched alkanes of at least 4 members (excludes halogenated alkanes) is 2. The summed E-state index contributed by atoms with van der Waals surface area (Å²) in [5.41, 5.74) is -3.02. The summed E-state index contributed by atoms with van der Waals surface area (Å²) < 4.78 is 19.9. The number of aliphatic hydroxyl groups is 1. The van der Waals surface area contributed by atoms with Crippen molar-refractivity contribution >= 4 is 57.5 Å². The Hall–Kier alpha value is -0.874. The molecule has 0 aliphatic rings. The minimum atomic E-state index is -1.15. The molecule has 0 aromatic carbocycles. The molecule has 0 bridgehead atoms. The predicted molar refractivity (Wildman–Crippen MR) is 181 cm³/mol. The van der Waals surface area contributed by atoms with Crippen molar-refractivity contribution in [1.82, 2.24) is 14.7 Å². The van der Waals surface area contributed by atoms with Crippen molar-refractivity contribution < 1.29 is 38.5 Å². The molecule has 11 nitrogen and oxygen atoms in total. The van der Waals surface area contributed by atoms with Gasteiger partial charge >= 0.3 is 134 Å². The van der Waals surface area contributed by atoms with Crippen molar-refractivity contribution in [2.45, 2.75) is 126 Å². The fraction of sp³-hybridized carbons (Fsp3) is 0.871. The Kier molecular flexibility index (Phi) is 22.2. The molecule has 0 heterocycles. The molecule has 0 saturated heterocycles. The van der Waals surface area contributed by atoms with E-state index < -0.39 is 42.4 Å². The van der Waals surface area contributed by atoms with Gasteiger partial charge in [0.05, 0.1) is 12.7 Å². The minimum Gasteiger partial charge on any atom is -0.392 e. The molecule has 0 aliphatic heterocycles. The summed E-state index contributed by atoms with van der Waals surface area (Å²) in [6, 6.07) is 0. The van der Waals surface area contributed by atoms with Crippen LogP contribution in [0.5, 0.6) is 0 Å². The van der Waals surface area contributed by atoms with Crippen molar-refractivity contribution in [3.05, 3.63) is 0 Å². The van der Waals surface area contributed by atoms with E-state index in [9.17, 15) is 24.3 Å². The van der Waals surface area contributed by atoms with Crippen LogP contribution in [0.3, 0.4) is 0 Å². The van der Waals surface area contributed by atoms with Crippen LogP contribution in [0.25, 0.3) is 0 Å². The normalized spacial score (nSPS) is 15.1. The minimum absolute atomic E-state index is 0.0952. The molecule has 0 saturated carbocycles. The molecule has 0 rings (SSSR count). The van der Waals surface area contributed by atoms with E-state index in [4.69, 9.17) is 14.2 Å². The quantitative estimate of drug-likeness (QED) is 0.0353. The van der Waals surface area contributed by atoms with Gasteiger partial charge in [-0.05, 0) is 47.0 Å². The van der Waals surface area contributed by atoms with Crippen LogP contribution >= 0.6 is 19.7 Å². The molecule has 4 N–H and O–H groups in total. The van der Waals surface area contributed by atoms with E-state index in [2.05, 4.69) is 34.3 Å². The zero-order chi connectivity index (χ0) is 33.8. The van der Waals surface area contributed by atoms with E-state index in [0.29, 0.717) is 45.4 Å². The summed E-state index contributed by atoms with van der Waals surface area (Å²) in [5.74, 6) is -0.802. The first-order chi connectivity index (χ1) is 20.6. The van der Waals surface area contributed by atoms with Crippen LogP contribution in [0.1, 0.15) is 113 Å². The topological polar surface area (TPSA) is 152 Å². The Morgan fingerprint density at radius 2 is 1.50 bits per heavy atom. The number of aliphatic hydroxyl groups excluding tert-OH is 1. The number of carbonyl (C=O) groups is 4. The number of amides is 3. The van der Waals surface area contributed by atoms with Gasteiger partial charge in [0, 0.05) is 31.6 Å². The maximum absolute atomic E-state index is 13.8. The van der Waals surface area contributed by atoms with Gasteiger partial charge in [0.15, 0.2) is 6.29 Å². The number of carbonyl (C=O) groups excluding carboxylic acids is 4. The zero-order valence-corrected chi connectivity index (χ0v) is 32.9. The number of esters is 1. The number of rotatable bonds is 25. The number of nitrogens with one attached hydrogen (secondary N) is 3. The monoisotopic (exact) mass is 796 g/mol. The first-order valence-corrected chi connectivity index (χ1v) is 24.6. The molecule has 3 atom stereocenters. The van der Waals surface area contributed by atoms with Crippen LogP contribution in [0, 0.1) is 16.2 Å². The Morgan fingerprint density at radius 3 is 2.05 bits per heavy atom. The summed E-state index contributed by atoms with van der Waals surface area (Å²) in [6.45, 7) is 16.2. The molecular weight excluding hydrogens is 739 g/mol. The fourth-order valence-corrected chi connectivity index (χ4v) is 7.64. The fourth-order valence-electron chi connectivity index (χ4n) is 5.28. The Balaban J connectivity index is 5.61. The molecule has 0 aromatic heterocycles. The maximum atomic E-state index is 13.8. The van der Waals surface area contributed by atoms with Gasteiger partial charge in [0.1, 0.15) is 0 Å². The SMILES string of the molecule is CCOC(CCCOC(=O)C(C)(CC(C)(C)C(=O)NCCCCCC(=O)[NH][Ga][I])CC(C)(CC)C(=O)NCC(C)O)OCC. The van der Waals surface area contributed by atoms with Gasteiger partial charge in [-0.25, -0.2) is 0 Å². The average molecular weight is 797 g/mol. The molecule has 0 aliphatic carbocycles. The summed E-state index contributed by atoms with van der Waals surface area (Å²) >= 11 is 1.59. The second-order valence-electron chi connectivity index (χ2n) is 12.6. The molecule has 1 radical (unpaired) electrons. The van der Waals surface area contributed by atoms with Crippen LogP contribution in [0.15, 0.2) is 0 Å². The standard InChI is InChI=1S/C31H59N3O8.Ga.HI/c1-9-30(7,27(38)34-20-23(4)35)22-31(8,28(39)42-19-15-17-25(40-10-2)41-11-3)21-29(5,6)26(37)33-18-14-12-13-16-24(32)36;;/h23,25,35H,9-22H2,1-8H3,(H4,32,33,34,36,37,38);;1H/q;+2;/p-2. The van der Waals surface area contributed by atoms with Crippen molar-refractivity contribution in [2.24, 2.45) is 16.2 Å². The largest absolute Gasteiger partial charge is 0.392 e. The summed E-state index contributed by atoms with van der Waals surface area (Å²) in [4.78, 5) is 52.0. The smallest absolute Gasteiger partial charge is 0.226 e. The molecule has 44 heavy (non-hydrogen) atoms. The van der Waals surface area contributed by atoms with E-state index in [-0.39, 0.29) is 50.0 Å². The van der Waals surface area contributed by atoms with E-state index in [1.807, 2.05) is 20.8 Å². The van der Waals surface area contributed by atoms with Crippen molar-refractivity contribution in [1.29, 1.82) is 0 Å². The molecule has 0 spiro atoms. The van der Waals surface area contributed by atoms with Crippen LogP contribution in [-0.4, -0.2) is 88.2 Å². The molecule has 0 fully saturated rings. The molecule has 0 aromatic rings. The van der Waals surface area contributed by atoms with Crippen LogP contribution in [-0.2, 0) is 33.4 Å². The molecule has 13 heteroatoms. The van der Waals surface area contributed by atoms with Crippen LogP contribution in [0.2, 0.25) is 0 Å². The number of ether oxygens (including phenoxy) is 3. The second kappa shape index (κ2) is 22.6. The summed E-state index contributed by atoms with van der Waals surface area (Å²) in [5, 5.41) is 15.5. The third-order valence-corrected chi connectivity index (χ3v) is 10.2. The molecule has 255 valence electrons. The number of hydrogen-bond acceptors (Lipinski definition) is 8. The number of halogens is 1. The molecular formula is C31H58GaIN3O8. The van der Waals surface area contributed by atoms with Gasteiger partial charge in [-0.1, -0.05) is 13.8 Å². The van der Waals surface area contributed by atoms with Gasteiger partial charge in [-0.3, -0.25) is 9.59 Å². The summed E-state index contributed by atoms with van der Waals surface area (Å²) in [7, 11) is 0. The first-order valence-electron chi connectivity index (χ1n) is 16.0. The van der Waals surface area contributed by atoms with E-state index in [0.717, 1.165) is 19.3 Å². The first kappa shape index (κ1) is 43.1. The molecule has 3 amide bonds. The average Bonchev–Trinajstić information content (AvgIpc) is 2.95. The number of hydrogen-bond donors (Lipinski definition) is 4. The van der Waals surface area contributed by atoms with E-state index >= 15 is 0 Å². The summed E-state index contributed by atoms with van der Waals surface area (Å²) in [6.07, 6.45) is 3.68. The Bertz CT molecular complexity index is 873. The van der Waals surface area contributed by atoms with E-state index in [1.54, 1.807) is 34.6 Å². The van der Waals surface area contributed by atoms with Gasteiger partial charge < -0.3 is 24.6 Å². The van der Waals surface area contributed by atoms with Crippen molar-refractivity contribution in [2.75, 3.05) is 32.9 Å². The van der Waals surface area contributed by atoms with Crippen LogP contribution in [0.4, 0.5) is 0 Å². The Morgan fingerprint density at radius 1 is 0.864 bits per heavy atom. The van der Waals surface area contributed by atoms with Crippen molar-refractivity contribution in [3.8, 4) is 0 Å². The van der Waals surface area contributed by atoms with Crippen LogP contribution < -0.4 is 14.7 Å². The van der Waals surface area contributed by atoms with Gasteiger partial charge in [0.25, 0.3) is 0 Å². The third kappa shape index (κ3) is 17.2. The van der Waals surface area contributed by atoms with E-state index in [1.165, 1.54) is 0 Å². The van der Waals surface area contributed by atoms with Gasteiger partial charge in [-0.2, -0.15) is 0 Å².